The molecular formula is C28H40O5. The van der Waals surface area contributed by atoms with Crippen LogP contribution >= 0.6 is 0 Å². The average molecular weight is 457 g/mol. The number of rotatable bonds is 12. The topological polar surface area (TPSA) is 87.0 Å². The molecule has 1 aromatic carbocycles. The van der Waals surface area contributed by atoms with Crippen molar-refractivity contribution >= 4 is 6.29 Å². The summed E-state index contributed by atoms with van der Waals surface area (Å²) in [6, 6.07) is 1.61. The highest BCUT2D eigenvalue weighted by molar-refractivity contribution is 5.83. The highest BCUT2D eigenvalue weighted by atomic mass is 16.5. The second-order valence-electron chi connectivity index (χ2n) is 9.50. The molecule has 182 valence electrons. The van der Waals surface area contributed by atoms with E-state index in [1.54, 1.807) is 6.07 Å². The number of phenolic OH excluding ortho intramolecular Hbond substituents is 1. The van der Waals surface area contributed by atoms with E-state index in [1.165, 1.54) is 11.1 Å². The molecule has 0 radical (unpaired) electrons. The predicted octanol–water partition coefficient (Wildman–Crippen LogP) is 5.74. The zero-order valence-electron chi connectivity index (χ0n) is 20.6. The minimum Gasteiger partial charge on any atom is -0.507 e. The fraction of sp³-hybridized carbons (Fsp3) is 0.536. The molecule has 5 nitrogen and oxygen atoms in total. The van der Waals surface area contributed by atoms with E-state index in [1.807, 2.05) is 13.0 Å². The zero-order chi connectivity index (χ0) is 24.4. The Bertz CT molecular complexity index is 903. The first-order chi connectivity index (χ1) is 15.7. The van der Waals surface area contributed by atoms with Crippen molar-refractivity contribution < 1.29 is 24.9 Å². The molecule has 0 aliphatic carbocycles. The minimum atomic E-state index is -0.280. The lowest BCUT2D eigenvalue weighted by molar-refractivity contribution is 0.0557. The van der Waals surface area contributed by atoms with Gasteiger partial charge in [0, 0.05) is 5.56 Å². The number of carbonyl (C=O) groups is 1. The fourth-order valence-corrected chi connectivity index (χ4v) is 4.31. The first-order valence-corrected chi connectivity index (χ1v) is 11.9. The van der Waals surface area contributed by atoms with E-state index < -0.39 is 0 Å². The van der Waals surface area contributed by atoms with Gasteiger partial charge in [0.2, 0.25) is 0 Å². The van der Waals surface area contributed by atoms with Crippen LogP contribution in [0.4, 0.5) is 0 Å². The van der Waals surface area contributed by atoms with Crippen LogP contribution in [0.1, 0.15) is 87.2 Å². The Balaban J connectivity index is 1.84. The summed E-state index contributed by atoms with van der Waals surface area (Å²) in [5, 5.41) is 28.2. The SMILES string of the molecule is C/C(=C\CC/C(C)=C/CC[C@]1(C)CCc2c(C=O)c(O)cc(C)c2O1)CCC=C(CO)CO. The van der Waals surface area contributed by atoms with E-state index in [4.69, 9.17) is 14.9 Å². The van der Waals surface area contributed by atoms with Gasteiger partial charge in [0.15, 0.2) is 6.29 Å². The van der Waals surface area contributed by atoms with Crippen molar-refractivity contribution in [1.82, 2.24) is 0 Å². The molecule has 0 aromatic heterocycles. The molecule has 5 heteroatoms. The summed E-state index contributed by atoms with van der Waals surface area (Å²) in [7, 11) is 0. The predicted molar refractivity (Wildman–Crippen MR) is 133 cm³/mol. The van der Waals surface area contributed by atoms with Gasteiger partial charge >= 0.3 is 0 Å². The van der Waals surface area contributed by atoms with Gasteiger partial charge in [0.1, 0.15) is 17.1 Å². The highest BCUT2D eigenvalue weighted by Crippen LogP contribution is 2.42. The molecule has 1 aromatic rings. The van der Waals surface area contributed by atoms with Crippen molar-refractivity contribution in [3.8, 4) is 11.5 Å². The van der Waals surface area contributed by atoms with E-state index in [0.717, 1.165) is 74.5 Å². The zero-order valence-corrected chi connectivity index (χ0v) is 20.6. The number of phenols is 1. The van der Waals surface area contributed by atoms with Crippen molar-refractivity contribution in [3.05, 3.63) is 57.7 Å². The molecule has 1 aliphatic rings. The molecular weight excluding hydrogens is 416 g/mol. The molecule has 0 amide bonds. The molecule has 0 saturated carbocycles. The van der Waals surface area contributed by atoms with Crippen LogP contribution in [-0.2, 0) is 6.42 Å². The van der Waals surface area contributed by atoms with Crippen LogP contribution in [0.3, 0.4) is 0 Å². The van der Waals surface area contributed by atoms with Gasteiger partial charge < -0.3 is 20.1 Å². The van der Waals surface area contributed by atoms with Gasteiger partial charge in [0.25, 0.3) is 0 Å². The summed E-state index contributed by atoms with van der Waals surface area (Å²) in [6.45, 7) is 8.18. The van der Waals surface area contributed by atoms with Crippen LogP contribution in [0.2, 0.25) is 0 Å². The number of aliphatic hydroxyl groups is 2. The lowest BCUT2D eigenvalue weighted by Crippen LogP contribution is -2.36. The van der Waals surface area contributed by atoms with Crippen LogP contribution in [0.25, 0.3) is 0 Å². The maximum absolute atomic E-state index is 11.4. The Labute approximate surface area is 198 Å². The van der Waals surface area contributed by atoms with Crippen LogP contribution in [0.5, 0.6) is 11.5 Å². The minimum absolute atomic E-state index is 0.0350. The van der Waals surface area contributed by atoms with Gasteiger partial charge in [-0.25, -0.2) is 0 Å². The molecule has 0 saturated heterocycles. The number of aromatic hydroxyl groups is 1. The molecule has 1 heterocycles. The fourth-order valence-electron chi connectivity index (χ4n) is 4.31. The first-order valence-electron chi connectivity index (χ1n) is 11.9. The Morgan fingerprint density at radius 1 is 1.06 bits per heavy atom. The summed E-state index contributed by atoms with van der Waals surface area (Å²) in [5.74, 6) is 0.790. The molecule has 1 aliphatic heterocycles. The quantitative estimate of drug-likeness (QED) is 0.276. The van der Waals surface area contributed by atoms with E-state index in [-0.39, 0.29) is 24.6 Å². The average Bonchev–Trinajstić information content (AvgIpc) is 2.77. The summed E-state index contributed by atoms with van der Waals surface area (Å²) in [5.41, 5.74) is 5.14. The number of hydrogen-bond donors (Lipinski definition) is 3. The van der Waals surface area contributed by atoms with Crippen molar-refractivity contribution in [2.24, 2.45) is 0 Å². The second-order valence-corrected chi connectivity index (χ2v) is 9.50. The Hall–Kier alpha value is -2.37. The van der Waals surface area contributed by atoms with E-state index in [2.05, 4.69) is 32.9 Å². The van der Waals surface area contributed by atoms with Crippen molar-refractivity contribution in [3.63, 3.8) is 0 Å². The summed E-state index contributed by atoms with van der Waals surface area (Å²) >= 11 is 0. The number of ether oxygens (including phenoxy) is 1. The summed E-state index contributed by atoms with van der Waals surface area (Å²) in [4.78, 5) is 11.4. The van der Waals surface area contributed by atoms with Gasteiger partial charge in [-0.15, -0.1) is 0 Å². The van der Waals surface area contributed by atoms with Gasteiger partial charge in [0.05, 0.1) is 18.8 Å². The molecule has 0 unspecified atom stereocenters. The van der Waals surface area contributed by atoms with Crippen LogP contribution in [0, 0.1) is 6.92 Å². The van der Waals surface area contributed by atoms with Crippen LogP contribution < -0.4 is 4.74 Å². The van der Waals surface area contributed by atoms with Gasteiger partial charge in [-0.1, -0.05) is 29.4 Å². The van der Waals surface area contributed by atoms with Gasteiger partial charge in [-0.3, -0.25) is 4.79 Å². The number of carbonyl (C=O) groups excluding carboxylic acids is 1. The summed E-state index contributed by atoms with van der Waals surface area (Å²) < 4.78 is 6.37. The molecule has 33 heavy (non-hydrogen) atoms. The number of aryl methyl sites for hydroxylation is 1. The molecule has 0 fully saturated rings. The Morgan fingerprint density at radius 2 is 1.67 bits per heavy atom. The standard InChI is InChI=1S/C28H40O5/c1-20(10-6-12-23(17-29)18-30)8-5-9-21(2)11-7-14-28(4)15-13-24-25(19-31)26(32)16-22(3)27(24)33-28/h8,11-12,16,19,29-30,32H,5-7,9-10,13-15,17-18H2,1-4H3/b20-8+,21-11+/t28-/m1/s1. The third-order valence-electron chi connectivity index (χ3n) is 6.53. The molecule has 0 bridgehead atoms. The first kappa shape index (κ1) is 26.9. The van der Waals surface area contributed by atoms with Crippen molar-refractivity contribution in [2.45, 2.75) is 84.7 Å². The Kier molecular flexibility index (Phi) is 10.4. The lowest BCUT2D eigenvalue weighted by Gasteiger charge is -2.37. The molecule has 2 rings (SSSR count). The van der Waals surface area contributed by atoms with Crippen molar-refractivity contribution in [2.75, 3.05) is 13.2 Å². The van der Waals surface area contributed by atoms with Gasteiger partial charge in [-0.2, -0.15) is 0 Å². The van der Waals surface area contributed by atoms with Gasteiger partial charge in [-0.05, 0) is 96.3 Å². The third-order valence-corrected chi connectivity index (χ3v) is 6.53. The van der Waals surface area contributed by atoms with Crippen LogP contribution in [-0.4, -0.2) is 40.4 Å². The summed E-state index contributed by atoms with van der Waals surface area (Å²) in [6.07, 6.45) is 14.4. The molecule has 0 spiro atoms. The number of aliphatic hydroxyl groups excluding tert-OH is 2. The number of allylic oxidation sites excluding steroid dienone is 5. The van der Waals surface area contributed by atoms with E-state index in [0.29, 0.717) is 11.1 Å². The van der Waals surface area contributed by atoms with Crippen molar-refractivity contribution in [1.29, 1.82) is 0 Å². The van der Waals surface area contributed by atoms with E-state index in [9.17, 15) is 9.90 Å². The monoisotopic (exact) mass is 456 g/mol. The smallest absolute Gasteiger partial charge is 0.154 e. The number of fused-ring (bicyclic) bond motifs is 1. The largest absolute Gasteiger partial charge is 0.507 e. The van der Waals surface area contributed by atoms with Crippen LogP contribution in [0.15, 0.2) is 41.0 Å². The second kappa shape index (κ2) is 12.8. The number of hydrogen-bond acceptors (Lipinski definition) is 5. The maximum Gasteiger partial charge on any atom is 0.154 e. The maximum atomic E-state index is 11.4. The number of aldehydes is 1. The molecule has 3 N–H and O–H groups in total. The lowest BCUT2D eigenvalue weighted by atomic mass is 9.86. The highest BCUT2D eigenvalue weighted by Gasteiger charge is 2.33. The Morgan fingerprint density at radius 3 is 2.27 bits per heavy atom. The molecule has 1 atom stereocenters. The van der Waals surface area contributed by atoms with E-state index >= 15 is 0 Å². The normalized spacial score (nSPS) is 18.5. The third kappa shape index (κ3) is 7.86. The number of benzene rings is 1.